The van der Waals surface area contributed by atoms with E-state index in [0.29, 0.717) is 0 Å². The Morgan fingerprint density at radius 1 is 1.35 bits per heavy atom. The van der Waals surface area contributed by atoms with Gasteiger partial charge in [-0.25, -0.2) is 0 Å². The van der Waals surface area contributed by atoms with Gasteiger partial charge in [0.1, 0.15) is 0 Å². The van der Waals surface area contributed by atoms with Crippen molar-refractivity contribution in [1.82, 2.24) is 10.3 Å². The summed E-state index contributed by atoms with van der Waals surface area (Å²) in [5.41, 5.74) is 1.33. The summed E-state index contributed by atoms with van der Waals surface area (Å²) in [7, 11) is 0. The molecule has 0 aromatic carbocycles. The first-order chi connectivity index (χ1) is 8.25. The van der Waals surface area contributed by atoms with Crippen LogP contribution >= 0.6 is 0 Å². The second kappa shape index (κ2) is 6.15. The summed E-state index contributed by atoms with van der Waals surface area (Å²) in [5.74, 6) is 1.72. The predicted octanol–water partition coefficient (Wildman–Crippen LogP) is 3.04. The van der Waals surface area contributed by atoms with E-state index in [1.165, 1.54) is 24.8 Å². The van der Waals surface area contributed by atoms with Crippen molar-refractivity contribution in [2.45, 2.75) is 45.6 Å². The van der Waals surface area contributed by atoms with Crippen LogP contribution in [0.2, 0.25) is 0 Å². The van der Waals surface area contributed by atoms with E-state index in [1.807, 2.05) is 18.5 Å². The minimum atomic E-state index is 0.718. The lowest BCUT2D eigenvalue weighted by Crippen LogP contribution is -2.40. The van der Waals surface area contributed by atoms with Crippen molar-refractivity contribution >= 4 is 0 Å². The molecule has 0 spiro atoms. The summed E-state index contributed by atoms with van der Waals surface area (Å²) in [6.07, 6.45) is 9.02. The van der Waals surface area contributed by atoms with E-state index in [9.17, 15) is 0 Å². The number of nitrogens with zero attached hydrogens (tertiary/aromatic N) is 1. The molecule has 3 atom stereocenters. The summed E-state index contributed by atoms with van der Waals surface area (Å²) in [5, 5.41) is 3.72. The van der Waals surface area contributed by atoms with E-state index < -0.39 is 0 Å². The first kappa shape index (κ1) is 12.6. The Morgan fingerprint density at radius 3 is 3.00 bits per heavy atom. The minimum Gasteiger partial charge on any atom is -0.313 e. The van der Waals surface area contributed by atoms with Crippen LogP contribution in [-0.2, 0) is 6.42 Å². The van der Waals surface area contributed by atoms with E-state index in [1.54, 1.807) is 0 Å². The fourth-order valence-corrected chi connectivity index (χ4v) is 2.76. The lowest BCUT2D eigenvalue weighted by molar-refractivity contribution is 0.230. The summed E-state index contributed by atoms with van der Waals surface area (Å²) < 4.78 is 0. The van der Waals surface area contributed by atoms with Crippen molar-refractivity contribution in [3.63, 3.8) is 0 Å². The molecule has 3 unspecified atom stereocenters. The maximum absolute atomic E-state index is 4.15. The molecule has 2 heteroatoms. The zero-order valence-electron chi connectivity index (χ0n) is 11.0. The molecule has 2 nitrogen and oxygen atoms in total. The second-order valence-corrected chi connectivity index (χ2v) is 5.57. The Kier molecular flexibility index (Phi) is 4.55. The van der Waals surface area contributed by atoms with Gasteiger partial charge in [-0.15, -0.1) is 0 Å². The molecule has 0 radical (unpaired) electrons. The Bertz CT molecular complexity index is 323. The molecule has 0 bridgehead atoms. The predicted molar refractivity (Wildman–Crippen MR) is 71.9 cm³/mol. The van der Waals surface area contributed by atoms with Crippen LogP contribution < -0.4 is 5.32 Å². The quantitative estimate of drug-likeness (QED) is 0.863. The SMILES string of the molecule is CC1CCC(C)C(NCCc2cccnc2)C1. The highest BCUT2D eigenvalue weighted by Crippen LogP contribution is 2.28. The maximum atomic E-state index is 4.15. The molecule has 0 saturated heterocycles. The van der Waals surface area contributed by atoms with E-state index in [2.05, 4.69) is 30.2 Å². The molecule has 1 N–H and O–H groups in total. The number of aromatic nitrogens is 1. The van der Waals surface area contributed by atoms with Crippen molar-refractivity contribution in [2.75, 3.05) is 6.54 Å². The number of hydrogen-bond donors (Lipinski definition) is 1. The molecular weight excluding hydrogens is 208 g/mol. The van der Waals surface area contributed by atoms with Gasteiger partial charge in [0.15, 0.2) is 0 Å². The minimum absolute atomic E-state index is 0.718. The summed E-state index contributed by atoms with van der Waals surface area (Å²) in [6.45, 7) is 5.84. The fourth-order valence-electron chi connectivity index (χ4n) is 2.76. The molecule has 1 fully saturated rings. The second-order valence-electron chi connectivity index (χ2n) is 5.57. The first-order valence-electron chi connectivity index (χ1n) is 6.88. The van der Waals surface area contributed by atoms with Crippen molar-refractivity contribution in [2.24, 2.45) is 11.8 Å². The molecule has 1 aromatic rings. The molecule has 1 aromatic heterocycles. The third kappa shape index (κ3) is 3.81. The van der Waals surface area contributed by atoms with Crippen LogP contribution in [0.25, 0.3) is 0 Å². The molecule has 0 amide bonds. The smallest absolute Gasteiger partial charge is 0.0300 e. The lowest BCUT2D eigenvalue weighted by atomic mass is 9.80. The van der Waals surface area contributed by atoms with Crippen LogP contribution in [0.1, 0.15) is 38.7 Å². The third-order valence-corrected chi connectivity index (χ3v) is 4.00. The molecule has 0 aliphatic heterocycles. The van der Waals surface area contributed by atoms with Gasteiger partial charge in [-0.1, -0.05) is 26.3 Å². The highest BCUT2D eigenvalue weighted by atomic mass is 14.9. The molecule has 17 heavy (non-hydrogen) atoms. The molecule has 2 rings (SSSR count). The Labute approximate surface area is 105 Å². The van der Waals surface area contributed by atoms with Gasteiger partial charge in [0, 0.05) is 18.4 Å². The van der Waals surface area contributed by atoms with Crippen LogP contribution in [0.5, 0.6) is 0 Å². The topological polar surface area (TPSA) is 24.9 Å². The van der Waals surface area contributed by atoms with Gasteiger partial charge in [-0.05, 0) is 49.3 Å². The van der Waals surface area contributed by atoms with E-state index >= 15 is 0 Å². The number of nitrogens with one attached hydrogen (secondary N) is 1. The van der Waals surface area contributed by atoms with E-state index in [-0.39, 0.29) is 0 Å². The van der Waals surface area contributed by atoms with Crippen molar-refractivity contribution < 1.29 is 0 Å². The number of hydrogen-bond acceptors (Lipinski definition) is 2. The summed E-state index contributed by atoms with van der Waals surface area (Å²) in [6, 6.07) is 4.89. The van der Waals surface area contributed by atoms with Crippen LogP contribution in [0, 0.1) is 11.8 Å². The molecule has 1 aliphatic carbocycles. The standard InChI is InChI=1S/C15H24N2/c1-12-5-6-13(2)15(10-12)17-9-7-14-4-3-8-16-11-14/h3-4,8,11-13,15,17H,5-7,9-10H2,1-2H3. The van der Waals surface area contributed by atoms with Gasteiger partial charge >= 0.3 is 0 Å². The van der Waals surface area contributed by atoms with Gasteiger partial charge in [-0.2, -0.15) is 0 Å². The van der Waals surface area contributed by atoms with Gasteiger partial charge in [0.05, 0.1) is 0 Å². The van der Waals surface area contributed by atoms with Gasteiger partial charge < -0.3 is 5.32 Å². The fraction of sp³-hybridized carbons (Fsp3) is 0.667. The molecule has 1 aliphatic rings. The van der Waals surface area contributed by atoms with Crippen LogP contribution in [0.15, 0.2) is 24.5 Å². The highest BCUT2D eigenvalue weighted by Gasteiger charge is 2.24. The van der Waals surface area contributed by atoms with Gasteiger partial charge in [-0.3, -0.25) is 4.98 Å². The number of pyridine rings is 1. The first-order valence-corrected chi connectivity index (χ1v) is 6.88. The third-order valence-electron chi connectivity index (χ3n) is 4.00. The van der Waals surface area contributed by atoms with Crippen LogP contribution in [0.4, 0.5) is 0 Å². The van der Waals surface area contributed by atoms with Gasteiger partial charge in [0.2, 0.25) is 0 Å². The van der Waals surface area contributed by atoms with Crippen molar-refractivity contribution in [1.29, 1.82) is 0 Å². The Balaban J connectivity index is 1.74. The molecule has 1 heterocycles. The molecule has 1 saturated carbocycles. The summed E-state index contributed by atoms with van der Waals surface area (Å²) >= 11 is 0. The maximum Gasteiger partial charge on any atom is 0.0300 e. The van der Waals surface area contributed by atoms with Crippen LogP contribution in [0.3, 0.4) is 0 Å². The lowest BCUT2D eigenvalue weighted by Gasteiger charge is -2.33. The zero-order chi connectivity index (χ0) is 12.1. The average Bonchev–Trinajstić information content (AvgIpc) is 2.35. The Morgan fingerprint density at radius 2 is 2.24 bits per heavy atom. The average molecular weight is 232 g/mol. The Hall–Kier alpha value is -0.890. The van der Waals surface area contributed by atoms with Crippen molar-refractivity contribution in [3.8, 4) is 0 Å². The van der Waals surface area contributed by atoms with Crippen molar-refractivity contribution in [3.05, 3.63) is 30.1 Å². The van der Waals surface area contributed by atoms with Crippen LogP contribution in [-0.4, -0.2) is 17.6 Å². The molecular formula is C15H24N2. The monoisotopic (exact) mass is 232 g/mol. The zero-order valence-corrected chi connectivity index (χ0v) is 11.0. The normalized spacial score (nSPS) is 29.2. The summed E-state index contributed by atoms with van der Waals surface area (Å²) in [4.78, 5) is 4.15. The molecule has 94 valence electrons. The number of rotatable bonds is 4. The highest BCUT2D eigenvalue weighted by molar-refractivity contribution is 5.08. The largest absolute Gasteiger partial charge is 0.313 e. The van der Waals surface area contributed by atoms with E-state index in [0.717, 1.165) is 30.8 Å². The van der Waals surface area contributed by atoms with Gasteiger partial charge in [0.25, 0.3) is 0 Å². The van der Waals surface area contributed by atoms with E-state index in [4.69, 9.17) is 0 Å².